The van der Waals surface area contributed by atoms with E-state index in [-0.39, 0.29) is 12.5 Å². The topological polar surface area (TPSA) is 71.5 Å². The molecule has 0 bridgehead atoms. The van der Waals surface area contributed by atoms with Crippen molar-refractivity contribution in [2.24, 2.45) is 0 Å². The maximum Gasteiger partial charge on any atom is 0.248 e. The summed E-state index contributed by atoms with van der Waals surface area (Å²) in [5, 5.41) is 1.17. The molecule has 0 saturated carbocycles. The largest absolute Gasteiger partial charge is 0.372 e. The number of hydrogen-bond donors (Lipinski definition) is 0. The molecular weight excluding hydrogens is 461 g/mol. The van der Waals surface area contributed by atoms with Crippen LogP contribution in [0.15, 0.2) is 42.9 Å². The maximum atomic E-state index is 12.3. The summed E-state index contributed by atoms with van der Waals surface area (Å²) < 4.78 is 5.26. The summed E-state index contributed by atoms with van der Waals surface area (Å²) in [5.41, 5.74) is 4.10. The van der Waals surface area contributed by atoms with Gasteiger partial charge in [0.25, 0.3) is 0 Å². The molecule has 33 heavy (non-hydrogen) atoms. The van der Waals surface area contributed by atoms with Gasteiger partial charge >= 0.3 is 0 Å². The average molecular weight is 486 g/mol. The summed E-state index contributed by atoms with van der Waals surface area (Å²) >= 11 is 12.7. The molecule has 1 fully saturated rings. The first-order valence-electron chi connectivity index (χ1n) is 10.8. The zero-order valence-corrected chi connectivity index (χ0v) is 20.1. The first-order chi connectivity index (χ1) is 16.0. The Morgan fingerprint density at radius 2 is 1.85 bits per heavy atom. The van der Waals surface area contributed by atoms with Crippen LogP contribution in [-0.4, -0.2) is 65.2 Å². The molecule has 1 aromatic carbocycles. The van der Waals surface area contributed by atoms with Crippen molar-refractivity contribution in [3.63, 3.8) is 0 Å². The molecule has 3 heterocycles. The fraction of sp³-hybridized carbons (Fsp3) is 0.333. The Labute approximate surface area is 203 Å². The lowest BCUT2D eigenvalue weighted by Gasteiger charge is -2.35. The fourth-order valence-electron chi connectivity index (χ4n) is 3.84. The third kappa shape index (κ3) is 5.27. The molecule has 1 aliphatic rings. The van der Waals surface area contributed by atoms with Gasteiger partial charge in [0.1, 0.15) is 18.1 Å². The molecule has 0 N–H and O–H groups in total. The molecule has 0 spiro atoms. The Bertz CT molecular complexity index is 1150. The number of nitrogens with zero attached hydrogens (tertiary/aromatic N) is 5. The number of benzene rings is 1. The van der Waals surface area contributed by atoms with Gasteiger partial charge in [0.15, 0.2) is 0 Å². The smallest absolute Gasteiger partial charge is 0.248 e. The summed E-state index contributed by atoms with van der Waals surface area (Å²) in [6.45, 7) is 7.06. The summed E-state index contributed by atoms with van der Waals surface area (Å²) in [6.07, 6.45) is 5.07. The van der Waals surface area contributed by atoms with Crippen LogP contribution in [0.4, 0.5) is 5.82 Å². The predicted octanol–water partition coefficient (Wildman–Crippen LogP) is 4.51. The van der Waals surface area contributed by atoms with Crippen molar-refractivity contribution in [1.82, 2.24) is 19.9 Å². The van der Waals surface area contributed by atoms with Gasteiger partial charge in [0.2, 0.25) is 5.91 Å². The Morgan fingerprint density at radius 3 is 2.55 bits per heavy atom. The number of hydrogen-bond acceptors (Lipinski definition) is 6. The van der Waals surface area contributed by atoms with Gasteiger partial charge in [-0.05, 0) is 37.6 Å². The highest BCUT2D eigenvalue weighted by molar-refractivity contribution is 6.33. The molecule has 0 aliphatic carbocycles. The highest BCUT2D eigenvalue weighted by Crippen LogP contribution is 2.36. The van der Waals surface area contributed by atoms with E-state index in [1.165, 1.54) is 0 Å². The normalized spacial score (nSPS) is 13.9. The van der Waals surface area contributed by atoms with Crippen LogP contribution in [0, 0.1) is 6.92 Å². The standard InChI is InChI=1S/C24H25Cl2N5O2/c1-3-33-15-22(32)31-10-8-30(9-11-31)21-14-28-23(18-5-4-17(25)12-16(18)2)24(29-21)19-6-7-27-13-20(19)26/h4-7,12-14H,3,8-11,15H2,1-2H3. The zero-order chi connectivity index (χ0) is 23.4. The van der Waals surface area contributed by atoms with Gasteiger partial charge in [0.05, 0.1) is 16.9 Å². The Hall–Kier alpha value is -2.74. The number of amides is 1. The molecular formula is C24H25Cl2N5O2. The highest BCUT2D eigenvalue weighted by Gasteiger charge is 2.24. The van der Waals surface area contributed by atoms with E-state index in [2.05, 4.69) is 9.88 Å². The van der Waals surface area contributed by atoms with Gasteiger partial charge in [-0.3, -0.25) is 14.8 Å². The monoisotopic (exact) mass is 485 g/mol. The summed E-state index contributed by atoms with van der Waals surface area (Å²) in [4.78, 5) is 30.1. The van der Waals surface area contributed by atoms with Gasteiger partial charge in [-0.2, -0.15) is 0 Å². The van der Waals surface area contributed by atoms with E-state index < -0.39 is 0 Å². The molecule has 0 radical (unpaired) electrons. The van der Waals surface area contributed by atoms with E-state index in [4.69, 9.17) is 37.9 Å². The molecule has 1 saturated heterocycles. The molecule has 9 heteroatoms. The van der Waals surface area contributed by atoms with Crippen molar-refractivity contribution >= 4 is 34.9 Å². The van der Waals surface area contributed by atoms with E-state index >= 15 is 0 Å². The van der Waals surface area contributed by atoms with Crippen LogP contribution < -0.4 is 4.90 Å². The quantitative estimate of drug-likeness (QED) is 0.511. The van der Waals surface area contributed by atoms with Crippen LogP contribution >= 0.6 is 23.2 Å². The molecule has 0 unspecified atom stereocenters. The molecule has 0 atom stereocenters. The number of anilines is 1. The van der Waals surface area contributed by atoms with Crippen molar-refractivity contribution in [3.05, 3.63) is 58.5 Å². The fourth-order valence-corrected chi connectivity index (χ4v) is 4.28. The SMILES string of the molecule is CCOCC(=O)N1CCN(c2cnc(-c3ccc(Cl)cc3C)c(-c3ccncc3Cl)n2)CC1. The van der Waals surface area contributed by atoms with E-state index in [0.29, 0.717) is 48.5 Å². The van der Waals surface area contributed by atoms with Crippen LogP contribution in [-0.2, 0) is 9.53 Å². The first-order valence-corrected chi connectivity index (χ1v) is 11.6. The molecule has 1 amide bonds. The number of ether oxygens (including phenoxy) is 1. The lowest BCUT2D eigenvalue weighted by molar-refractivity contribution is -0.136. The Kier molecular flexibility index (Phi) is 7.42. The number of carbonyl (C=O) groups is 1. The second-order valence-corrected chi connectivity index (χ2v) is 8.59. The van der Waals surface area contributed by atoms with Gasteiger partial charge in [-0.1, -0.05) is 29.3 Å². The summed E-state index contributed by atoms with van der Waals surface area (Å²) in [7, 11) is 0. The number of rotatable bonds is 6. The second-order valence-electron chi connectivity index (χ2n) is 7.75. The zero-order valence-electron chi connectivity index (χ0n) is 18.6. The minimum absolute atomic E-state index is 0.0143. The minimum atomic E-state index is 0.0143. The van der Waals surface area contributed by atoms with Gasteiger partial charge in [0, 0.05) is 61.3 Å². The van der Waals surface area contributed by atoms with Crippen LogP contribution in [0.1, 0.15) is 12.5 Å². The van der Waals surface area contributed by atoms with E-state index in [9.17, 15) is 4.79 Å². The molecule has 7 nitrogen and oxygen atoms in total. The van der Waals surface area contributed by atoms with Gasteiger partial charge in [-0.15, -0.1) is 0 Å². The van der Waals surface area contributed by atoms with E-state index in [1.807, 2.05) is 43.0 Å². The maximum absolute atomic E-state index is 12.3. The van der Waals surface area contributed by atoms with E-state index in [0.717, 1.165) is 28.2 Å². The van der Waals surface area contributed by atoms with Crippen molar-refractivity contribution in [2.45, 2.75) is 13.8 Å². The minimum Gasteiger partial charge on any atom is -0.372 e. The van der Waals surface area contributed by atoms with Gasteiger partial charge in [-0.25, -0.2) is 4.98 Å². The lowest BCUT2D eigenvalue weighted by atomic mass is 10.0. The predicted molar refractivity (Wildman–Crippen MR) is 131 cm³/mol. The first kappa shape index (κ1) is 23.4. The number of piperazine rings is 1. The van der Waals surface area contributed by atoms with Crippen LogP contribution in [0.25, 0.3) is 22.5 Å². The number of aromatic nitrogens is 3. The molecule has 1 aliphatic heterocycles. The molecule has 3 aromatic rings. The number of pyridine rings is 1. The molecule has 2 aromatic heterocycles. The van der Waals surface area contributed by atoms with Crippen molar-refractivity contribution in [1.29, 1.82) is 0 Å². The van der Waals surface area contributed by atoms with Crippen molar-refractivity contribution < 1.29 is 9.53 Å². The average Bonchev–Trinajstić information content (AvgIpc) is 2.83. The summed E-state index contributed by atoms with van der Waals surface area (Å²) in [5.74, 6) is 0.755. The Morgan fingerprint density at radius 1 is 1.06 bits per heavy atom. The Balaban J connectivity index is 1.66. The molecule has 4 rings (SSSR count). The van der Waals surface area contributed by atoms with Crippen LogP contribution in [0.3, 0.4) is 0 Å². The summed E-state index contributed by atoms with van der Waals surface area (Å²) in [6, 6.07) is 7.54. The third-order valence-corrected chi connectivity index (χ3v) is 6.15. The van der Waals surface area contributed by atoms with Gasteiger partial charge < -0.3 is 14.5 Å². The third-order valence-electron chi connectivity index (χ3n) is 5.62. The highest BCUT2D eigenvalue weighted by atomic mass is 35.5. The number of carbonyl (C=O) groups excluding carboxylic acids is 1. The van der Waals surface area contributed by atoms with Crippen LogP contribution in [0.2, 0.25) is 10.0 Å². The molecule has 172 valence electrons. The van der Waals surface area contributed by atoms with E-state index in [1.54, 1.807) is 18.6 Å². The lowest BCUT2D eigenvalue weighted by Crippen LogP contribution is -2.50. The van der Waals surface area contributed by atoms with Crippen LogP contribution in [0.5, 0.6) is 0 Å². The second kappa shape index (κ2) is 10.5. The van der Waals surface area contributed by atoms with Crippen molar-refractivity contribution in [2.75, 3.05) is 44.3 Å². The number of halogens is 2. The number of aryl methyl sites for hydroxylation is 1. The van der Waals surface area contributed by atoms with Crippen molar-refractivity contribution in [3.8, 4) is 22.5 Å².